The largest absolute Gasteiger partial charge is 0.469 e. The highest BCUT2D eigenvalue weighted by atomic mass is 35.5. The van der Waals surface area contributed by atoms with Crippen molar-refractivity contribution in [3.63, 3.8) is 0 Å². The smallest absolute Gasteiger partial charge is 0.396 e. The zero-order valence-corrected chi connectivity index (χ0v) is 41.5. The zero-order valence-electron chi connectivity index (χ0n) is 39.0. The van der Waals surface area contributed by atoms with Crippen LogP contribution in [0.4, 0.5) is 0 Å². The van der Waals surface area contributed by atoms with E-state index in [0.29, 0.717) is 85.5 Å². The number of carbonyl (C=O) groups excluding carboxylic acids is 6. The first-order valence-corrected chi connectivity index (χ1v) is 24.6. The predicted molar refractivity (Wildman–Crippen MR) is 252 cm³/mol. The summed E-state index contributed by atoms with van der Waals surface area (Å²) < 4.78 is 19.3. The highest BCUT2D eigenvalue weighted by molar-refractivity contribution is 7.46. The van der Waals surface area contributed by atoms with E-state index < -0.39 is 80.3 Å². The second-order valence-corrected chi connectivity index (χ2v) is 19.0. The lowest BCUT2D eigenvalue weighted by atomic mass is 10.0. The average molecular weight is 1030 g/mol. The standard InChI is InChI=1S/C43H62Cl2N11O12P/c1-25(2)18-33(50-43(63)36-14-11-16-55(36)28(5)58)40(60)49-34(41(61)51-35(23-57)42(62)52-37(39(46)59)27(4)68-69(64,65)66)19-30-20-47-24-54(30)15-9-6-10-17-67-48-21-31-26(3)53-56(38(31)45)22-29-12-7-8-13-32(29)44/h7-8,12-13,20-21,24-25,27,33-37,57H,6,9-11,14-19,22-23H2,1-5H3,(H2,46,59)(H,49,60)(H,50,63)(H,51,61)(H,52,62)(H2,64,65,66)/b48-21+/t27-,33+,34+,35+,36+,37+/m1/s1. The number of carbonyl (C=O) groups is 6. The van der Waals surface area contributed by atoms with E-state index in [0.717, 1.165) is 12.5 Å². The molecule has 0 saturated carbocycles. The van der Waals surface area contributed by atoms with E-state index in [1.165, 1.54) is 24.2 Å². The Kier molecular flexibility index (Phi) is 21.6. The quantitative estimate of drug-likeness (QED) is 0.0232. The van der Waals surface area contributed by atoms with Gasteiger partial charge in [0.05, 0.1) is 43.1 Å². The lowest BCUT2D eigenvalue weighted by Gasteiger charge is -2.28. The number of rotatable bonds is 27. The van der Waals surface area contributed by atoms with Crippen LogP contribution in [0, 0.1) is 12.8 Å². The first kappa shape index (κ1) is 56.2. The van der Waals surface area contributed by atoms with Gasteiger partial charge in [0.2, 0.25) is 35.4 Å². The van der Waals surface area contributed by atoms with Gasteiger partial charge in [0.1, 0.15) is 42.0 Å². The molecule has 0 aliphatic carbocycles. The number of benzene rings is 1. The molecular weight excluding hydrogens is 964 g/mol. The molecule has 26 heteroatoms. The van der Waals surface area contributed by atoms with Crippen LogP contribution in [0.5, 0.6) is 0 Å². The topological polar surface area (TPSA) is 324 Å². The van der Waals surface area contributed by atoms with Crippen LogP contribution in [0.15, 0.2) is 41.9 Å². The maximum atomic E-state index is 14.1. The van der Waals surface area contributed by atoms with Crippen molar-refractivity contribution in [3.8, 4) is 0 Å². The summed E-state index contributed by atoms with van der Waals surface area (Å²) in [5.74, 6) is -5.05. The Morgan fingerprint density at radius 3 is 2.32 bits per heavy atom. The van der Waals surface area contributed by atoms with Crippen molar-refractivity contribution in [3.05, 3.63) is 69.5 Å². The van der Waals surface area contributed by atoms with Gasteiger partial charge in [0.15, 0.2) is 0 Å². The molecular formula is C43H62Cl2N11O12P. The molecule has 69 heavy (non-hydrogen) atoms. The summed E-state index contributed by atoms with van der Waals surface area (Å²) in [7, 11) is -5.14. The van der Waals surface area contributed by atoms with Crippen LogP contribution in [0.25, 0.3) is 0 Å². The molecule has 4 rings (SSSR count). The van der Waals surface area contributed by atoms with Crippen LogP contribution < -0.4 is 27.0 Å². The molecule has 380 valence electrons. The number of oxime groups is 1. The molecule has 3 heterocycles. The molecule has 23 nitrogen and oxygen atoms in total. The van der Waals surface area contributed by atoms with Gasteiger partial charge in [0, 0.05) is 43.3 Å². The molecule has 2 aromatic heterocycles. The second kappa shape index (κ2) is 26.5. The molecule has 1 fully saturated rings. The van der Waals surface area contributed by atoms with Crippen LogP contribution in [-0.4, -0.2) is 137 Å². The number of primary amides is 1. The van der Waals surface area contributed by atoms with Crippen molar-refractivity contribution in [1.82, 2.24) is 45.5 Å². The SMILES string of the molecule is CC(=O)N1CCC[C@H]1C(=O)N[C@@H](CC(C)C)C(=O)N[C@@H](Cc1cncn1CCCCCO/N=C/c1c(C)nn(Cc2ccccc2Cl)c1Cl)C(=O)N[C@@H](CO)C(=O)N[C@H](C(N)=O)[C@@H](C)OP(=O)(O)O. The zero-order chi connectivity index (χ0) is 51.0. The molecule has 9 N–H and O–H groups in total. The Morgan fingerprint density at radius 2 is 1.67 bits per heavy atom. The highest BCUT2D eigenvalue weighted by Crippen LogP contribution is 2.38. The van der Waals surface area contributed by atoms with E-state index >= 15 is 0 Å². The van der Waals surface area contributed by atoms with Crippen LogP contribution in [0.1, 0.15) is 88.7 Å². The molecule has 1 aliphatic rings. The fraction of sp³-hybridized carbons (Fsp3) is 0.558. The number of imidazole rings is 1. The number of aliphatic hydroxyl groups excluding tert-OH is 1. The molecule has 1 aromatic carbocycles. The number of likely N-dealkylation sites (tertiary alicyclic amines) is 1. The van der Waals surface area contributed by atoms with Crippen molar-refractivity contribution in [1.29, 1.82) is 0 Å². The number of unbranched alkanes of at least 4 members (excludes halogenated alkanes) is 2. The van der Waals surface area contributed by atoms with Crippen LogP contribution in [0.2, 0.25) is 10.2 Å². The van der Waals surface area contributed by atoms with Gasteiger partial charge in [-0.15, -0.1) is 0 Å². The summed E-state index contributed by atoms with van der Waals surface area (Å²) in [6, 6.07) is 0.453. The summed E-state index contributed by atoms with van der Waals surface area (Å²) in [6.45, 7) is 8.37. The predicted octanol–water partition coefficient (Wildman–Crippen LogP) is 1.48. The summed E-state index contributed by atoms with van der Waals surface area (Å²) in [4.78, 5) is 109. The van der Waals surface area contributed by atoms with Crippen molar-refractivity contribution < 1.29 is 57.6 Å². The fourth-order valence-electron chi connectivity index (χ4n) is 7.59. The maximum Gasteiger partial charge on any atom is 0.469 e. The number of aryl methyl sites for hydroxylation is 2. The summed E-state index contributed by atoms with van der Waals surface area (Å²) >= 11 is 12.9. The molecule has 0 radical (unpaired) electrons. The van der Waals surface area contributed by atoms with Crippen molar-refractivity contribution in [2.24, 2.45) is 16.8 Å². The summed E-state index contributed by atoms with van der Waals surface area (Å²) in [5.41, 5.74) is 7.98. The number of phosphoric ester groups is 1. The Morgan fingerprint density at radius 1 is 0.986 bits per heavy atom. The van der Waals surface area contributed by atoms with Crippen LogP contribution in [0.3, 0.4) is 0 Å². The van der Waals surface area contributed by atoms with E-state index in [4.69, 9.17) is 33.8 Å². The molecule has 0 spiro atoms. The summed E-state index contributed by atoms with van der Waals surface area (Å²) in [6.07, 6.45) is 5.83. The molecule has 3 aromatic rings. The minimum atomic E-state index is -5.14. The number of nitrogens with zero attached hydrogens (tertiary/aromatic N) is 6. The Labute approximate surface area is 409 Å². The van der Waals surface area contributed by atoms with Crippen molar-refractivity contribution in [2.45, 2.75) is 129 Å². The van der Waals surface area contributed by atoms with Gasteiger partial charge in [-0.3, -0.25) is 33.3 Å². The third-order valence-corrected chi connectivity index (χ3v) is 12.5. The number of nitrogens with two attached hydrogens (primary N) is 1. The Hall–Kier alpha value is -5.42. The first-order valence-electron chi connectivity index (χ1n) is 22.3. The van der Waals surface area contributed by atoms with E-state index in [2.05, 4.69) is 41.0 Å². The van der Waals surface area contributed by atoms with E-state index in [1.807, 2.05) is 39.0 Å². The van der Waals surface area contributed by atoms with Crippen molar-refractivity contribution in [2.75, 3.05) is 19.8 Å². The Bertz CT molecular complexity index is 2340. The third kappa shape index (κ3) is 17.2. The number of aliphatic hydroxyl groups is 1. The lowest BCUT2D eigenvalue weighted by molar-refractivity contribution is -0.139. The maximum absolute atomic E-state index is 14.1. The number of amides is 6. The third-order valence-electron chi connectivity index (χ3n) is 11.1. The minimum absolute atomic E-state index is 0.115. The van der Waals surface area contributed by atoms with E-state index in [1.54, 1.807) is 21.6 Å². The molecule has 6 atom stereocenters. The molecule has 1 saturated heterocycles. The molecule has 0 unspecified atom stereocenters. The van der Waals surface area contributed by atoms with Gasteiger partial charge in [-0.2, -0.15) is 5.10 Å². The van der Waals surface area contributed by atoms with E-state index in [-0.39, 0.29) is 24.7 Å². The lowest BCUT2D eigenvalue weighted by Crippen LogP contribution is -2.61. The molecule has 6 amide bonds. The molecule has 0 bridgehead atoms. The first-order chi connectivity index (χ1) is 32.6. The normalized spacial score (nSPS) is 16.2. The average Bonchev–Trinajstić information content (AvgIpc) is 4.01. The fourth-order valence-corrected chi connectivity index (χ4v) is 8.62. The summed E-state index contributed by atoms with van der Waals surface area (Å²) in [5, 5.41) is 29.7. The Balaban J connectivity index is 1.44. The van der Waals surface area contributed by atoms with Gasteiger partial charge in [-0.1, -0.05) is 60.4 Å². The number of aromatic nitrogens is 4. The van der Waals surface area contributed by atoms with E-state index in [9.17, 15) is 48.2 Å². The van der Waals surface area contributed by atoms with Gasteiger partial charge in [-0.05, 0) is 69.9 Å². The number of phosphoric acid groups is 1. The second-order valence-electron chi connectivity index (χ2n) is 17.0. The number of nitrogens with one attached hydrogen (secondary N) is 4. The van der Waals surface area contributed by atoms with Crippen LogP contribution in [-0.2, 0) is 62.2 Å². The van der Waals surface area contributed by atoms with Crippen LogP contribution >= 0.6 is 31.0 Å². The minimum Gasteiger partial charge on any atom is -0.396 e. The number of hydrogen-bond acceptors (Lipinski definition) is 13. The highest BCUT2D eigenvalue weighted by Gasteiger charge is 2.37. The number of halogens is 2. The van der Waals surface area contributed by atoms with Crippen molar-refractivity contribution >= 4 is 72.7 Å². The molecule has 1 aliphatic heterocycles. The monoisotopic (exact) mass is 1030 g/mol. The van der Waals surface area contributed by atoms with Gasteiger partial charge >= 0.3 is 7.82 Å². The van der Waals surface area contributed by atoms with Gasteiger partial charge in [0.25, 0.3) is 0 Å². The number of hydrogen-bond donors (Lipinski definition) is 8. The van der Waals surface area contributed by atoms with Gasteiger partial charge < -0.3 is 56.2 Å². The van der Waals surface area contributed by atoms with Gasteiger partial charge in [-0.25, -0.2) is 14.2 Å².